The molecule has 0 aromatic heterocycles. The van der Waals surface area contributed by atoms with E-state index in [1.54, 1.807) is 22.3 Å². The second kappa shape index (κ2) is 18.0. The molecule has 4 aliphatic carbocycles. The molecule has 0 heterocycles. The van der Waals surface area contributed by atoms with Crippen molar-refractivity contribution < 1.29 is 17.4 Å². The van der Waals surface area contributed by atoms with E-state index in [2.05, 4.69) is 150 Å². The van der Waals surface area contributed by atoms with E-state index in [1.807, 2.05) is 0 Å². The molecule has 0 radical (unpaired) electrons. The Morgan fingerprint density at radius 1 is 0.433 bits per heavy atom. The molecule has 0 N–H and O–H groups in total. The fourth-order valence-corrected chi connectivity index (χ4v) is 32.6. The molecule has 2 fully saturated rings. The van der Waals surface area contributed by atoms with Gasteiger partial charge < -0.3 is 0 Å². The minimum atomic E-state index is -3.94. The summed E-state index contributed by atoms with van der Waals surface area (Å²) >= 11 is -3.94. The van der Waals surface area contributed by atoms with E-state index in [0.29, 0.717) is 7.25 Å². The van der Waals surface area contributed by atoms with E-state index in [0.717, 1.165) is 11.8 Å². The molecule has 0 nitrogen and oxygen atoms in total. The van der Waals surface area contributed by atoms with Gasteiger partial charge in [0.05, 0.1) is 0 Å². The third kappa shape index (κ3) is 8.07. The molecule has 0 aliphatic heterocycles. The predicted molar refractivity (Wildman–Crippen MR) is 267 cm³/mol. The van der Waals surface area contributed by atoms with Crippen LogP contribution in [-0.4, -0.2) is 6.88 Å². The number of fused-ring (bicyclic) bond motifs is 4. The zero-order valence-electron chi connectivity index (χ0n) is 35.9. The number of allylic oxidation sites excluding steroid dienone is 2. The van der Waals surface area contributed by atoms with E-state index in [9.17, 15) is 0 Å². The van der Waals surface area contributed by atoms with E-state index in [4.69, 9.17) is 0 Å². The first-order chi connectivity index (χ1) is 28.3. The topological polar surface area (TPSA) is 0 Å². The molecule has 6 aromatic carbocycles. The van der Waals surface area contributed by atoms with Crippen molar-refractivity contribution in [2.75, 3.05) is 0 Å². The number of hydrogen-bond donors (Lipinski definition) is 0. The van der Waals surface area contributed by atoms with Gasteiger partial charge in [-0.3, -0.25) is 0 Å². The molecule has 0 spiro atoms. The third-order valence-corrected chi connectivity index (χ3v) is 32.9. The number of rotatable bonds is 8. The molecule has 4 aliphatic rings. The maximum absolute atomic E-state index is 3.94. The third-order valence-electron chi connectivity index (χ3n) is 15.4. The quantitative estimate of drug-likeness (QED) is 0.105. The van der Waals surface area contributed by atoms with Crippen LogP contribution in [0.4, 0.5) is 0 Å². The fourth-order valence-electron chi connectivity index (χ4n) is 12.9. The summed E-state index contributed by atoms with van der Waals surface area (Å²) in [6, 6.07) is 46.8. The summed E-state index contributed by atoms with van der Waals surface area (Å²) in [5, 5.41) is 5.41. The molecule has 310 valence electrons. The molecule has 0 saturated heterocycles. The summed E-state index contributed by atoms with van der Waals surface area (Å²) in [5.74, 6) is 1.60. The van der Waals surface area contributed by atoms with Crippen LogP contribution in [0.5, 0.6) is 0 Å². The standard InChI is InChI=1S/2C27H27.2CH3.2ClH.H2Si.Zr/c2*1-2-4-10-20(9-3-1)17-21-18-23-13-8-16-26(27(23)19-21)25-15-7-12-22-11-5-6-14-24(22)25;;;;;;/h2*5-8,11-16,18-20H,1-4,9-10,17H2;2*1H3;2*1H;1H2;. The average Bonchev–Trinajstić information content (AvgIpc) is 3.56. The molecular formula is C56H64Cl2SiZr. The Morgan fingerprint density at radius 2 is 0.783 bits per heavy atom. The van der Waals surface area contributed by atoms with Crippen LogP contribution in [0.15, 0.2) is 132 Å². The summed E-state index contributed by atoms with van der Waals surface area (Å²) in [6.07, 6.45) is 25.0. The first-order valence-electron chi connectivity index (χ1n) is 23.0. The van der Waals surface area contributed by atoms with Gasteiger partial charge in [-0.25, -0.2) is 0 Å². The second-order valence-corrected chi connectivity index (χ2v) is 50.5. The maximum atomic E-state index is 2.91. The van der Waals surface area contributed by atoms with Crippen molar-refractivity contribution in [3.05, 3.63) is 155 Å². The van der Waals surface area contributed by atoms with Gasteiger partial charge in [0.15, 0.2) is 0 Å². The van der Waals surface area contributed by atoms with Gasteiger partial charge in [0.25, 0.3) is 0 Å². The molecule has 10 rings (SSSR count). The molecule has 0 amide bonds. The summed E-state index contributed by atoms with van der Waals surface area (Å²) < 4.78 is 6.89. The first-order valence-corrected chi connectivity index (χ1v) is 36.7. The predicted octanol–water partition coefficient (Wildman–Crippen LogP) is 16.8. The Hall–Kier alpha value is -3.00. The molecular weight excluding hydrogens is 863 g/mol. The zero-order chi connectivity index (χ0) is 39.3. The Balaban J connectivity index is 0.00000249. The van der Waals surface area contributed by atoms with Gasteiger partial charge in [0.2, 0.25) is 0 Å². The van der Waals surface area contributed by atoms with Crippen molar-refractivity contribution in [2.24, 2.45) is 11.8 Å². The van der Waals surface area contributed by atoms with Gasteiger partial charge in [0.1, 0.15) is 0 Å². The Bertz CT molecular complexity index is 2460. The molecule has 4 heteroatoms. The van der Waals surface area contributed by atoms with Crippen LogP contribution in [0, 0.1) is 11.8 Å². The SMILES string of the molecule is Cl.Cl.[CH3][Zr]([CH3])(=[SiH2])([CH]1C(CC2CCCCCC2)=Cc2c(-c3cccc4ccccc34)cccc21)[CH]1C(CC2CCCCCC2)=Cc2c(-c3cccc4ccccc34)cccc21. The van der Waals surface area contributed by atoms with Crippen molar-refractivity contribution in [3.8, 4) is 22.3 Å². The van der Waals surface area contributed by atoms with E-state index >= 15 is 0 Å². The summed E-state index contributed by atoms with van der Waals surface area (Å²) in [6.45, 7) is 2.58. The summed E-state index contributed by atoms with van der Waals surface area (Å²) in [4.78, 5) is 0. The number of halogens is 2. The first kappa shape index (κ1) is 43.6. The van der Waals surface area contributed by atoms with Gasteiger partial charge >= 0.3 is 353 Å². The van der Waals surface area contributed by atoms with Crippen LogP contribution in [-0.2, 0) is 17.4 Å². The molecule has 2 unspecified atom stereocenters. The zero-order valence-corrected chi connectivity index (χ0v) is 41.4. The fraction of sp³-hybridized carbons (Fsp3) is 0.357. The molecule has 2 atom stereocenters. The van der Waals surface area contributed by atoms with Gasteiger partial charge in [-0.15, -0.1) is 24.8 Å². The van der Waals surface area contributed by atoms with Gasteiger partial charge in [-0.1, -0.05) is 0 Å². The molecule has 0 bridgehead atoms. The Labute approximate surface area is 375 Å². The van der Waals surface area contributed by atoms with Crippen molar-refractivity contribution in [1.82, 2.24) is 0 Å². The van der Waals surface area contributed by atoms with Crippen LogP contribution in [0.2, 0.25) is 9.26 Å². The molecule has 60 heavy (non-hydrogen) atoms. The van der Waals surface area contributed by atoms with E-state index in [-0.39, 0.29) is 24.8 Å². The second-order valence-electron chi connectivity index (χ2n) is 20.0. The Morgan fingerprint density at radius 3 is 1.20 bits per heavy atom. The van der Waals surface area contributed by atoms with Crippen molar-refractivity contribution in [1.29, 1.82) is 0 Å². The minimum absolute atomic E-state index is 0. The Kier molecular flexibility index (Phi) is 13.1. The van der Waals surface area contributed by atoms with E-state index in [1.165, 1.54) is 145 Å². The normalized spacial score (nSPS) is 20.0. The van der Waals surface area contributed by atoms with Gasteiger partial charge in [-0.2, -0.15) is 0 Å². The number of hydrogen-bond acceptors (Lipinski definition) is 0. The van der Waals surface area contributed by atoms with Gasteiger partial charge in [-0.05, 0) is 0 Å². The van der Waals surface area contributed by atoms with Crippen LogP contribution in [0.3, 0.4) is 0 Å². The van der Waals surface area contributed by atoms with Crippen LogP contribution < -0.4 is 0 Å². The van der Waals surface area contributed by atoms with Gasteiger partial charge in [0, 0.05) is 0 Å². The van der Waals surface area contributed by atoms with Crippen LogP contribution in [0.1, 0.15) is 119 Å². The van der Waals surface area contributed by atoms with Crippen molar-refractivity contribution in [3.63, 3.8) is 0 Å². The molecule has 2 saturated carbocycles. The monoisotopic (exact) mass is 924 g/mol. The number of benzene rings is 6. The van der Waals surface area contributed by atoms with Crippen LogP contribution >= 0.6 is 24.8 Å². The van der Waals surface area contributed by atoms with E-state index < -0.39 is 17.4 Å². The molecule has 6 aromatic rings. The van der Waals surface area contributed by atoms with Crippen LogP contribution in [0.25, 0.3) is 56.0 Å². The summed E-state index contributed by atoms with van der Waals surface area (Å²) in [5.41, 5.74) is 15.6. The van der Waals surface area contributed by atoms with Crippen molar-refractivity contribution >= 4 is 65.4 Å². The average molecular weight is 927 g/mol. The van der Waals surface area contributed by atoms with Crippen molar-refractivity contribution in [2.45, 2.75) is 106 Å². The summed E-state index contributed by atoms with van der Waals surface area (Å²) in [7, 11) is 0.